The van der Waals surface area contributed by atoms with Gasteiger partial charge in [-0.25, -0.2) is 14.8 Å². The fraction of sp³-hybridized carbons (Fsp3) is 0.524. The number of nitrogens with one attached hydrogen (secondary N) is 3. The van der Waals surface area contributed by atoms with E-state index in [1.807, 2.05) is 0 Å². The number of halogens is 3. The average Bonchev–Trinajstić information content (AvgIpc) is 3.53. The fourth-order valence-corrected chi connectivity index (χ4v) is 4.40. The van der Waals surface area contributed by atoms with Crippen LogP contribution in [0.15, 0.2) is 30.7 Å². The Morgan fingerprint density at radius 1 is 1.18 bits per heavy atom. The Labute approximate surface area is 199 Å². The van der Waals surface area contributed by atoms with E-state index in [0.717, 1.165) is 31.2 Å². The number of carbonyl (C=O) groups is 1. The van der Waals surface area contributed by atoms with Crippen LogP contribution in [0.4, 0.5) is 29.7 Å². The van der Waals surface area contributed by atoms with Crippen LogP contribution in [0.2, 0.25) is 0 Å². The fourth-order valence-electron chi connectivity index (χ4n) is 4.36. The van der Waals surface area contributed by atoms with Gasteiger partial charge in [-0.3, -0.25) is 9.50 Å². The number of anilines is 2. The third-order valence-corrected chi connectivity index (χ3v) is 6.33. The lowest BCUT2D eigenvalue weighted by Crippen LogP contribution is -2.68. The number of hydrogen-bond acceptors (Lipinski definition) is 7. The van der Waals surface area contributed by atoms with Crippen molar-refractivity contribution in [2.75, 3.05) is 5.32 Å². The first kappa shape index (κ1) is 24.2. The zero-order chi connectivity index (χ0) is 24.2. The number of aromatic nitrogens is 5. The summed E-state index contributed by atoms with van der Waals surface area (Å²) in [7, 11) is 0. The minimum absolute atomic E-state index is 0.00609. The Balaban J connectivity index is 0.000000150. The molecule has 4 aliphatic rings. The van der Waals surface area contributed by atoms with Gasteiger partial charge >= 0.3 is 12.3 Å². The van der Waals surface area contributed by atoms with Gasteiger partial charge in [0, 0.05) is 43.0 Å². The third-order valence-electron chi connectivity index (χ3n) is 6.17. The monoisotopic (exact) mass is 497 g/mol. The molecule has 0 aromatic carbocycles. The predicted molar refractivity (Wildman–Crippen MR) is 122 cm³/mol. The van der Waals surface area contributed by atoms with Crippen LogP contribution < -0.4 is 10.6 Å². The van der Waals surface area contributed by atoms with Crippen LogP contribution in [-0.2, 0) is 10.4 Å². The van der Waals surface area contributed by atoms with Gasteiger partial charge in [0.15, 0.2) is 5.69 Å². The second-order valence-corrected chi connectivity index (χ2v) is 8.93. The van der Waals surface area contributed by atoms with E-state index in [1.165, 1.54) is 55.1 Å². The van der Waals surface area contributed by atoms with Gasteiger partial charge in [0.1, 0.15) is 11.5 Å². The molecule has 0 aliphatic heterocycles. The molecule has 4 saturated carbocycles. The number of rotatable bonds is 3. The molecule has 0 radical (unpaired) electrons. The lowest BCUT2D eigenvalue weighted by molar-refractivity contribution is -0.141. The van der Waals surface area contributed by atoms with E-state index in [2.05, 4.69) is 47.9 Å². The first-order valence-electron chi connectivity index (χ1n) is 11.1. The van der Waals surface area contributed by atoms with Crippen LogP contribution >= 0.6 is 12.9 Å². The molecule has 0 saturated heterocycles. The average molecular weight is 498 g/mol. The van der Waals surface area contributed by atoms with Crippen molar-refractivity contribution in [2.24, 2.45) is 5.92 Å². The van der Waals surface area contributed by atoms with Crippen molar-refractivity contribution in [2.45, 2.75) is 63.1 Å². The lowest BCUT2D eigenvalue weighted by Gasteiger charge is -2.61. The molecular weight excluding hydrogens is 471 g/mol. The van der Waals surface area contributed by atoms with Crippen LogP contribution in [0.1, 0.15) is 57.1 Å². The second kappa shape index (κ2) is 10.1. The smallest absolute Gasteiger partial charge is 0.378 e. The largest absolute Gasteiger partial charge is 0.433 e. The normalized spacial score (nSPS) is 22.3. The Morgan fingerprint density at radius 3 is 2.35 bits per heavy atom. The highest BCUT2D eigenvalue weighted by atomic mass is 32.1. The maximum Gasteiger partial charge on any atom is 0.433 e. The molecule has 34 heavy (non-hydrogen) atoms. The minimum atomic E-state index is -4.53. The summed E-state index contributed by atoms with van der Waals surface area (Å²) in [6, 6.07) is 2.46. The standard InChI is InChI=1S/C10H7F3N6.C6H9NO2S.C5H10/c11-10(12,13)6-5-8-14-3-4-19(8)9(16-6)17-7-1-2-15-18-7;8-5(9-10)7-6-1-4(2-6)3-6;1-2-4-5-3-1/h1-5H,(H2,15,16,17,18);4,10H,1-3H2,(H,7,8);1-5H2. The zero-order valence-corrected chi connectivity index (χ0v) is 19.2. The molecule has 4 fully saturated rings. The number of carbonyl (C=O) groups excluding carboxylic acids is 1. The number of imidazole rings is 1. The van der Waals surface area contributed by atoms with E-state index in [1.54, 1.807) is 6.07 Å². The SMILES string of the molecule is C1CCCC1.FC(F)(F)c1cc2nccn2c(Nc2ccn[nH]2)n1.O=C(NC12CC(C1)C2)OS. The summed E-state index contributed by atoms with van der Waals surface area (Å²) in [5.41, 5.74) is -0.734. The topological polar surface area (TPSA) is 109 Å². The summed E-state index contributed by atoms with van der Waals surface area (Å²) in [6.45, 7) is 0. The molecule has 4 aliphatic carbocycles. The maximum atomic E-state index is 12.7. The number of aromatic amines is 1. The Bertz CT molecular complexity index is 1080. The van der Waals surface area contributed by atoms with Gasteiger partial charge in [-0.1, -0.05) is 32.1 Å². The summed E-state index contributed by atoms with van der Waals surface area (Å²) in [6.07, 6.45) is 10.3. The number of H-pyrrole nitrogens is 1. The molecule has 13 heteroatoms. The van der Waals surface area contributed by atoms with Crippen molar-refractivity contribution in [3.05, 3.63) is 36.4 Å². The van der Waals surface area contributed by atoms with Gasteiger partial charge in [-0.2, -0.15) is 18.3 Å². The first-order valence-corrected chi connectivity index (χ1v) is 11.5. The molecule has 7 rings (SSSR count). The maximum absolute atomic E-state index is 12.7. The molecule has 0 spiro atoms. The molecule has 2 bridgehead atoms. The van der Waals surface area contributed by atoms with Crippen molar-refractivity contribution in [1.82, 2.24) is 29.9 Å². The summed E-state index contributed by atoms with van der Waals surface area (Å²) in [5.74, 6) is 1.31. The molecule has 3 aromatic heterocycles. The Kier molecular flexibility index (Phi) is 7.19. The number of fused-ring (bicyclic) bond motifs is 1. The van der Waals surface area contributed by atoms with Crippen LogP contribution in [-0.4, -0.2) is 36.2 Å². The third kappa shape index (κ3) is 5.75. The van der Waals surface area contributed by atoms with E-state index in [0.29, 0.717) is 5.82 Å². The molecule has 0 unspecified atom stereocenters. The molecule has 3 heterocycles. The first-order chi connectivity index (χ1) is 16.3. The highest BCUT2D eigenvalue weighted by Gasteiger charge is 2.57. The molecule has 3 N–H and O–H groups in total. The summed E-state index contributed by atoms with van der Waals surface area (Å²) < 4.78 is 43.8. The molecule has 0 atom stereocenters. The van der Waals surface area contributed by atoms with Gasteiger partial charge in [0.25, 0.3) is 0 Å². The van der Waals surface area contributed by atoms with Crippen molar-refractivity contribution < 1.29 is 22.1 Å². The van der Waals surface area contributed by atoms with E-state index in [9.17, 15) is 18.0 Å². The van der Waals surface area contributed by atoms with Crippen molar-refractivity contribution in [3.63, 3.8) is 0 Å². The summed E-state index contributed by atoms with van der Waals surface area (Å²) >= 11 is 3.40. The van der Waals surface area contributed by atoms with E-state index >= 15 is 0 Å². The van der Waals surface area contributed by atoms with E-state index in [4.69, 9.17) is 0 Å². The van der Waals surface area contributed by atoms with Gasteiger partial charge in [-0.15, -0.1) is 0 Å². The highest BCUT2D eigenvalue weighted by Crippen LogP contribution is 2.56. The minimum Gasteiger partial charge on any atom is -0.378 e. The van der Waals surface area contributed by atoms with Crippen molar-refractivity contribution >= 4 is 36.4 Å². The number of hydrogen-bond donors (Lipinski definition) is 4. The Hall–Kier alpha value is -2.96. The second-order valence-electron chi connectivity index (χ2n) is 8.74. The van der Waals surface area contributed by atoms with Gasteiger partial charge < -0.3 is 14.8 Å². The van der Waals surface area contributed by atoms with Crippen molar-refractivity contribution in [3.8, 4) is 0 Å². The number of amides is 1. The number of alkyl halides is 3. The van der Waals surface area contributed by atoms with Crippen molar-refractivity contribution in [1.29, 1.82) is 0 Å². The summed E-state index contributed by atoms with van der Waals surface area (Å²) in [4.78, 5) is 18.0. The molecule has 3 aromatic rings. The number of nitrogens with zero attached hydrogens (tertiary/aromatic N) is 4. The summed E-state index contributed by atoms with van der Waals surface area (Å²) in [5, 5.41) is 11.8. The van der Waals surface area contributed by atoms with Gasteiger partial charge in [-0.05, 0) is 25.2 Å². The van der Waals surface area contributed by atoms with Gasteiger partial charge in [0.05, 0.1) is 6.20 Å². The van der Waals surface area contributed by atoms with E-state index < -0.39 is 18.0 Å². The molecule has 184 valence electrons. The van der Waals surface area contributed by atoms with Crippen LogP contribution in [0.3, 0.4) is 0 Å². The van der Waals surface area contributed by atoms with Crippen LogP contribution in [0.25, 0.3) is 5.65 Å². The quantitative estimate of drug-likeness (QED) is 0.290. The van der Waals surface area contributed by atoms with Gasteiger partial charge in [0.2, 0.25) is 5.95 Å². The molecular formula is C21H26F3N7O2S. The van der Waals surface area contributed by atoms with Crippen LogP contribution in [0, 0.1) is 5.92 Å². The van der Waals surface area contributed by atoms with E-state index in [-0.39, 0.29) is 17.1 Å². The molecule has 1 amide bonds. The molecule has 9 nitrogen and oxygen atoms in total. The highest BCUT2D eigenvalue weighted by molar-refractivity contribution is 7.75. The lowest BCUT2D eigenvalue weighted by atomic mass is 9.50. The predicted octanol–water partition coefficient (Wildman–Crippen LogP) is 5.28. The van der Waals surface area contributed by atoms with Crippen LogP contribution in [0.5, 0.6) is 0 Å². The zero-order valence-electron chi connectivity index (χ0n) is 18.3. The number of thiol groups is 1. The Morgan fingerprint density at radius 2 is 1.85 bits per heavy atom.